The fourth-order valence-corrected chi connectivity index (χ4v) is 2.68. The van der Waals surface area contributed by atoms with Gasteiger partial charge in [-0.05, 0) is 37.1 Å². The van der Waals surface area contributed by atoms with E-state index in [2.05, 4.69) is 10.6 Å². The maximum atomic E-state index is 11.7. The highest BCUT2D eigenvalue weighted by Crippen LogP contribution is 2.25. The summed E-state index contributed by atoms with van der Waals surface area (Å²) in [5, 5.41) is 15.6. The van der Waals surface area contributed by atoms with Crippen molar-refractivity contribution in [3.05, 3.63) is 36.3 Å². The van der Waals surface area contributed by atoms with Crippen molar-refractivity contribution in [1.82, 2.24) is 10.6 Å². The number of carbonyl (C=O) groups excluding carboxylic acids is 1. The van der Waals surface area contributed by atoms with Gasteiger partial charge >= 0.3 is 6.03 Å². The van der Waals surface area contributed by atoms with Crippen LogP contribution >= 0.6 is 0 Å². The fraction of sp³-hybridized carbons (Fsp3) is 0.438. The molecule has 2 amide bonds. The third kappa shape index (κ3) is 3.51. The number of hydrogen-bond donors (Lipinski definition) is 3. The Morgan fingerprint density at radius 2 is 2.09 bits per heavy atom. The van der Waals surface area contributed by atoms with Gasteiger partial charge in [0.25, 0.3) is 0 Å². The first-order chi connectivity index (χ1) is 10.7. The van der Waals surface area contributed by atoms with E-state index in [0.717, 1.165) is 25.7 Å². The van der Waals surface area contributed by atoms with Crippen LogP contribution in [-0.4, -0.2) is 23.7 Å². The van der Waals surface area contributed by atoms with E-state index in [4.69, 9.17) is 8.83 Å². The van der Waals surface area contributed by atoms with Gasteiger partial charge in [0, 0.05) is 6.04 Å². The van der Waals surface area contributed by atoms with Crippen LogP contribution in [0.3, 0.4) is 0 Å². The first-order valence-corrected chi connectivity index (χ1v) is 7.58. The molecule has 2 aromatic rings. The Kier molecular flexibility index (Phi) is 4.48. The molecule has 0 radical (unpaired) electrons. The third-order valence-electron chi connectivity index (χ3n) is 3.87. The van der Waals surface area contributed by atoms with Crippen molar-refractivity contribution < 1.29 is 18.7 Å². The Morgan fingerprint density at radius 1 is 1.27 bits per heavy atom. The maximum absolute atomic E-state index is 11.7. The zero-order valence-electron chi connectivity index (χ0n) is 12.2. The molecular formula is C16H20N2O4. The molecule has 0 aliphatic heterocycles. The molecule has 1 fully saturated rings. The highest BCUT2D eigenvalue weighted by atomic mass is 16.4. The molecule has 1 aliphatic rings. The predicted octanol–water partition coefficient (Wildman–Crippen LogP) is 2.81. The SMILES string of the molecule is O=C(NC[C@H](O)c1ccc(-c2ccco2)o1)NC1CCCC1. The van der Waals surface area contributed by atoms with Crippen molar-refractivity contribution >= 4 is 6.03 Å². The van der Waals surface area contributed by atoms with Gasteiger partial charge in [-0.2, -0.15) is 0 Å². The number of furan rings is 2. The summed E-state index contributed by atoms with van der Waals surface area (Å²) in [5.74, 6) is 1.55. The molecule has 1 saturated carbocycles. The van der Waals surface area contributed by atoms with E-state index in [0.29, 0.717) is 17.3 Å². The molecule has 0 spiro atoms. The first-order valence-electron chi connectivity index (χ1n) is 7.58. The van der Waals surface area contributed by atoms with Crippen LogP contribution in [0.15, 0.2) is 39.4 Å². The minimum atomic E-state index is -0.891. The second-order valence-electron chi connectivity index (χ2n) is 5.53. The molecule has 22 heavy (non-hydrogen) atoms. The van der Waals surface area contributed by atoms with Crippen LogP contribution in [0, 0.1) is 0 Å². The largest absolute Gasteiger partial charge is 0.461 e. The number of nitrogens with one attached hydrogen (secondary N) is 2. The standard InChI is InChI=1S/C16H20N2O4/c19-12(10-17-16(20)18-11-4-1-2-5-11)13-7-8-15(22-13)14-6-3-9-21-14/h3,6-9,11-12,19H,1-2,4-5,10H2,(H2,17,18,20)/t12-/m0/s1. The molecule has 6 heteroatoms. The van der Waals surface area contributed by atoms with Gasteiger partial charge in [-0.3, -0.25) is 0 Å². The number of amides is 2. The molecule has 0 bridgehead atoms. The molecule has 2 aromatic heterocycles. The average Bonchev–Trinajstić information content (AvgIpc) is 3.23. The average molecular weight is 304 g/mol. The van der Waals surface area contributed by atoms with Crippen molar-refractivity contribution in [3.8, 4) is 11.5 Å². The summed E-state index contributed by atoms with van der Waals surface area (Å²) in [4.78, 5) is 11.7. The van der Waals surface area contributed by atoms with E-state index < -0.39 is 6.10 Å². The first kappa shape index (κ1) is 14.7. The van der Waals surface area contributed by atoms with Crippen LogP contribution < -0.4 is 10.6 Å². The van der Waals surface area contributed by atoms with Crippen molar-refractivity contribution in [3.63, 3.8) is 0 Å². The van der Waals surface area contributed by atoms with Gasteiger partial charge < -0.3 is 24.6 Å². The summed E-state index contributed by atoms with van der Waals surface area (Å²) in [5.41, 5.74) is 0. The van der Waals surface area contributed by atoms with Crippen molar-refractivity contribution in [2.24, 2.45) is 0 Å². The lowest BCUT2D eigenvalue weighted by Crippen LogP contribution is -2.42. The maximum Gasteiger partial charge on any atom is 0.315 e. The number of rotatable bonds is 5. The summed E-state index contributed by atoms with van der Waals surface area (Å²) in [6.45, 7) is 0.101. The van der Waals surface area contributed by atoms with E-state index in [9.17, 15) is 9.90 Å². The fourth-order valence-electron chi connectivity index (χ4n) is 2.68. The number of urea groups is 1. The van der Waals surface area contributed by atoms with Crippen molar-refractivity contribution in [2.45, 2.75) is 37.8 Å². The number of hydrogen-bond acceptors (Lipinski definition) is 4. The number of carbonyl (C=O) groups is 1. The molecule has 1 atom stereocenters. The lowest BCUT2D eigenvalue weighted by Gasteiger charge is -2.14. The molecular weight excluding hydrogens is 284 g/mol. The zero-order chi connectivity index (χ0) is 15.4. The van der Waals surface area contributed by atoms with Crippen molar-refractivity contribution in [2.75, 3.05) is 6.54 Å². The Hall–Kier alpha value is -2.21. The summed E-state index contributed by atoms with van der Waals surface area (Å²) in [6.07, 6.45) is 5.05. The predicted molar refractivity (Wildman–Crippen MR) is 80.2 cm³/mol. The van der Waals surface area contributed by atoms with Crippen LogP contribution in [0.5, 0.6) is 0 Å². The molecule has 2 heterocycles. The van der Waals surface area contributed by atoms with Gasteiger partial charge in [-0.1, -0.05) is 12.8 Å². The second-order valence-corrected chi connectivity index (χ2v) is 5.53. The van der Waals surface area contributed by atoms with Crippen LogP contribution in [0.25, 0.3) is 11.5 Å². The molecule has 1 aliphatic carbocycles. The van der Waals surface area contributed by atoms with Gasteiger partial charge in [0.2, 0.25) is 0 Å². The number of aliphatic hydroxyl groups is 1. The van der Waals surface area contributed by atoms with Crippen LogP contribution in [0.4, 0.5) is 4.79 Å². The minimum Gasteiger partial charge on any atom is -0.461 e. The van der Waals surface area contributed by atoms with E-state index >= 15 is 0 Å². The Balaban J connectivity index is 1.49. The number of aliphatic hydroxyl groups excluding tert-OH is 1. The van der Waals surface area contributed by atoms with Crippen molar-refractivity contribution in [1.29, 1.82) is 0 Å². The third-order valence-corrected chi connectivity index (χ3v) is 3.87. The van der Waals surface area contributed by atoms with Gasteiger partial charge in [-0.25, -0.2) is 4.79 Å². The molecule has 6 nitrogen and oxygen atoms in total. The monoisotopic (exact) mass is 304 g/mol. The van der Waals surface area contributed by atoms with Gasteiger partial charge in [0.15, 0.2) is 11.5 Å². The summed E-state index contributed by atoms with van der Waals surface area (Å²) in [6, 6.07) is 6.97. The highest BCUT2D eigenvalue weighted by Gasteiger charge is 2.19. The Labute approximate surface area is 128 Å². The van der Waals surface area contributed by atoms with Crippen LogP contribution in [0.2, 0.25) is 0 Å². The van der Waals surface area contributed by atoms with Crippen LogP contribution in [0.1, 0.15) is 37.5 Å². The molecule has 118 valence electrons. The van der Waals surface area contributed by atoms with Gasteiger partial charge in [0.05, 0.1) is 12.8 Å². The van der Waals surface area contributed by atoms with Gasteiger partial charge in [-0.15, -0.1) is 0 Å². The summed E-state index contributed by atoms with van der Waals surface area (Å²) in [7, 11) is 0. The van der Waals surface area contributed by atoms with E-state index in [1.54, 1.807) is 30.5 Å². The normalized spacial score (nSPS) is 16.6. The lowest BCUT2D eigenvalue weighted by atomic mass is 10.2. The molecule has 3 rings (SSSR count). The topological polar surface area (TPSA) is 87.6 Å². The van der Waals surface area contributed by atoms with E-state index in [1.165, 1.54) is 0 Å². The molecule has 3 N–H and O–H groups in total. The Morgan fingerprint density at radius 3 is 2.82 bits per heavy atom. The van der Waals surface area contributed by atoms with E-state index in [1.807, 2.05) is 0 Å². The summed E-state index contributed by atoms with van der Waals surface area (Å²) < 4.78 is 10.8. The lowest BCUT2D eigenvalue weighted by molar-refractivity contribution is 0.148. The quantitative estimate of drug-likeness (QED) is 0.792. The Bertz CT molecular complexity index is 599. The molecule has 0 saturated heterocycles. The highest BCUT2D eigenvalue weighted by molar-refractivity contribution is 5.74. The van der Waals surface area contributed by atoms with Crippen LogP contribution in [-0.2, 0) is 0 Å². The van der Waals surface area contributed by atoms with Gasteiger partial charge in [0.1, 0.15) is 11.9 Å². The zero-order valence-corrected chi connectivity index (χ0v) is 12.2. The smallest absolute Gasteiger partial charge is 0.315 e. The minimum absolute atomic E-state index is 0.101. The second kappa shape index (κ2) is 6.70. The molecule has 0 aromatic carbocycles. The van der Waals surface area contributed by atoms with E-state index in [-0.39, 0.29) is 18.6 Å². The molecule has 0 unspecified atom stereocenters. The summed E-state index contributed by atoms with van der Waals surface area (Å²) >= 11 is 0.